The van der Waals surface area contributed by atoms with Crippen molar-refractivity contribution >= 4 is 0 Å². The van der Waals surface area contributed by atoms with Crippen LogP contribution in [0.5, 0.6) is 0 Å². The van der Waals surface area contributed by atoms with Crippen molar-refractivity contribution in [2.45, 2.75) is 24.8 Å². The van der Waals surface area contributed by atoms with E-state index in [0.29, 0.717) is 5.56 Å². The molecule has 2 saturated heterocycles. The number of pyridine rings is 1. The average Bonchev–Trinajstić information content (AvgIpc) is 2.56. The van der Waals surface area contributed by atoms with Gasteiger partial charge in [-0.05, 0) is 37.9 Å². The normalized spacial score (nSPS) is 29.3. The van der Waals surface area contributed by atoms with Gasteiger partial charge in [-0.1, -0.05) is 0 Å². The van der Waals surface area contributed by atoms with Gasteiger partial charge in [0.25, 0.3) is 0 Å². The maximum absolute atomic E-state index is 8.72. The van der Waals surface area contributed by atoms with Gasteiger partial charge >= 0.3 is 0 Å². The van der Waals surface area contributed by atoms with Crippen LogP contribution in [0.25, 0.3) is 0 Å². The zero-order valence-electron chi connectivity index (χ0n) is 8.61. The maximum atomic E-state index is 8.72. The fraction of sp³-hybridized carbons (Fsp3) is 0.500. The second-order valence-corrected chi connectivity index (χ2v) is 4.42. The topological polar surface area (TPSA) is 39.9 Å². The number of fused-ring (bicyclic) bond motifs is 1. The first-order chi connectivity index (χ1) is 7.35. The van der Waals surface area contributed by atoms with Crippen molar-refractivity contribution in [1.29, 1.82) is 5.26 Å². The number of hydrogen-bond donors (Lipinski definition) is 0. The Kier molecular flexibility index (Phi) is 1.80. The summed E-state index contributed by atoms with van der Waals surface area (Å²) in [5.74, 6) is 0. The van der Waals surface area contributed by atoms with Gasteiger partial charge in [-0.25, -0.2) is 0 Å². The van der Waals surface area contributed by atoms with Gasteiger partial charge in [0.1, 0.15) is 6.07 Å². The highest BCUT2D eigenvalue weighted by molar-refractivity contribution is 5.30. The van der Waals surface area contributed by atoms with Crippen LogP contribution in [0.2, 0.25) is 0 Å². The van der Waals surface area contributed by atoms with Gasteiger partial charge in [0, 0.05) is 12.7 Å². The van der Waals surface area contributed by atoms with E-state index in [0.717, 1.165) is 5.69 Å². The summed E-state index contributed by atoms with van der Waals surface area (Å²) in [5, 5.41) is 8.72. The van der Waals surface area contributed by atoms with E-state index in [1.54, 1.807) is 6.20 Å². The molecule has 3 heteroatoms. The molecule has 3 nitrogen and oxygen atoms in total. The highest BCUT2D eigenvalue weighted by Gasteiger charge is 2.49. The third kappa shape index (κ3) is 1.12. The van der Waals surface area contributed by atoms with E-state index in [4.69, 9.17) is 5.26 Å². The first-order valence-corrected chi connectivity index (χ1v) is 5.47. The molecule has 0 aliphatic carbocycles. The fourth-order valence-corrected chi connectivity index (χ4v) is 2.86. The Morgan fingerprint density at radius 1 is 1.33 bits per heavy atom. The van der Waals surface area contributed by atoms with Crippen molar-refractivity contribution in [3.63, 3.8) is 0 Å². The average molecular weight is 199 g/mol. The predicted molar refractivity (Wildman–Crippen MR) is 56.1 cm³/mol. The Morgan fingerprint density at radius 3 is 2.80 bits per heavy atom. The molecule has 0 N–H and O–H groups in total. The molecule has 0 amide bonds. The first-order valence-electron chi connectivity index (χ1n) is 5.47. The van der Waals surface area contributed by atoms with Crippen LogP contribution in [0, 0.1) is 11.3 Å². The van der Waals surface area contributed by atoms with E-state index in [1.807, 2.05) is 12.1 Å². The van der Waals surface area contributed by atoms with Crippen LogP contribution in [0.1, 0.15) is 30.5 Å². The SMILES string of the molecule is N#Cc1ccc(C23CCCN2CC3)nc1. The molecule has 0 spiro atoms. The van der Waals surface area contributed by atoms with Gasteiger partial charge in [-0.15, -0.1) is 0 Å². The van der Waals surface area contributed by atoms with Crippen LogP contribution in [0.15, 0.2) is 18.3 Å². The monoisotopic (exact) mass is 199 g/mol. The summed E-state index contributed by atoms with van der Waals surface area (Å²) in [4.78, 5) is 6.96. The molecule has 1 aromatic rings. The Hall–Kier alpha value is -1.40. The summed E-state index contributed by atoms with van der Waals surface area (Å²) in [5.41, 5.74) is 2.04. The third-order valence-electron chi connectivity index (χ3n) is 3.79. The van der Waals surface area contributed by atoms with Crippen LogP contribution in [-0.4, -0.2) is 23.0 Å². The van der Waals surface area contributed by atoms with Crippen LogP contribution >= 0.6 is 0 Å². The number of nitrogens with zero attached hydrogens (tertiary/aromatic N) is 3. The number of aromatic nitrogens is 1. The highest BCUT2D eigenvalue weighted by atomic mass is 15.3. The number of hydrogen-bond acceptors (Lipinski definition) is 3. The minimum atomic E-state index is 0.230. The van der Waals surface area contributed by atoms with Gasteiger partial charge in [0.05, 0.1) is 16.8 Å². The van der Waals surface area contributed by atoms with Crippen molar-refractivity contribution in [3.05, 3.63) is 29.6 Å². The Balaban J connectivity index is 1.96. The summed E-state index contributed by atoms with van der Waals surface area (Å²) in [6.07, 6.45) is 5.43. The van der Waals surface area contributed by atoms with Crippen molar-refractivity contribution in [2.75, 3.05) is 13.1 Å². The molecule has 1 unspecified atom stereocenters. The van der Waals surface area contributed by atoms with Crippen molar-refractivity contribution in [1.82, 2.24) is 9.88 Å². The molecule has 0 radical (unpaired) electrons. The van der Waals surface area contributed by atoms with Crippen LogP contribution in [-0.2, 0) is 5.54 Å². The molecule has 1 aromatic heterocycles. The minimum Gasteiger partial charge on any atom is -0.292 e. The third-order valence-corrected chi connectivity index (χ3v) is 3.79. The molecule has 76 valence electrons. The molecule has 3 heterocycles. The smallest absolute Gasteiger partial charge is 0.101 e. The molecule has 3 rings (SSSR count). The highest BCUT2D eigenvalue weighted by Crippen LogP contribution is 2.47. The van der Waals surface area contributed by atoms with Gasteiger partial charge in [0.15, 0.2) is 0 Å². The Morgan fingerprint density at radius 2 is 2.27 bits per heavy atom. The van der Waals surface area contributed by atoms with Crippen LogP contribution in [0.4, 0.5) is 0 Å². The van der Waals surface area contributed by atoms with E-state index in [1.165, 1.54) is 32.4 Å². The lowest BCUT2D eigenvalue weighted by Crippen LogP contribution is -2.53. The summed E-state index contributed by atoms with van der Waals surface area (Å²) in [6, 6.07) is 6.02. The second-order valence-electron chi connectivity index (χ2n) is 4.42. The standard InChI is InChI=1S/C12H13N3/c13-8-10-2-3-11(14-9-10)12-4-1-6-15(12)7-5-12/h2-3,9H,1,4-7H2. The predicted octanol–water partition coefficient (Wildman–Crippen LogP) is 1.65. The molecule has 2 aliphatic rings. The molecular formula is C12H13N3. The van der Waals surface area contributed by atoms with Gasteiger partial charge in [-0.2, -0.15) is 5.26 Å². The van der Waals surface area contributed by atoms with Gasteiger partial charge in [0.2, 0.25) is 0 Å². The van der Waals surface area contributed by atoms with E-state index in [2.05, 4.69) is 16.0 Å². The quantitative estimate of drug-likeness (QED) is 0.690. The van der Waals surface area contributed by atoms with Crippen LogP contribution < -0.4 is 0 Å². The summed E-state index contributed by atoms with van der Waals surface area (Å²) >= 11 is 0. The first kappa shape index (κ1) is 8.87. The van der Waals surface area contributed by atoms with Crippen LogP contribution in [0.3, 0.4) is 0 Å². The molecule has 0 aromatic carbocycles. The van der Waals surface area contributed by atoms with E-state index in [-0.39, 0.29) is 5.54 Å². The lowest BCUT2D eigenvalue weighted by atomic mass is 9.81. The fourth-order valence-electron chi connectivity index (χ4n) is 2.86. The number of rotatable bonds is 1. The lowest BCUT2D eigenvalue weighted by molar-refractivity contribution is 0.0204. The molecule has 1 atom stereocenters. The second kappa shape index (κ2) is 3.04. The largest absolute Gasteiger partial charge is 0.292 e. The molecule has 2 aliphatic heterocycles. The van der Waals surface area contributed by atoms with Crippen molar-refractivity contribution in [2.24, 2.45) is 0 Å². The molecule has 0 bridgehead atoms. The Bertz CT molecular complexity index is 417. The van der Waals surface area contributed by atoms with E-state index >= 15 is 0 Å². The summed E-state index contributed by atoms with van der Waals surface area (Å²) in [7, 11) is 0. The molecular weight excluding hydrogens is 186 g/mol. The van der Waals surface area contributed by atoms with E-state index in [9.17, 15) is 0 Å². The molecule has 0 saturated carbocycles. The zero-order chi connectivity index (χ0) is 10.3. The number of nitriles is 1. The zero-order valence-corrected chi connectivity index (χ0v) is 8.61. The minimum absolute atomic E-state index is 0.230. The van der Waals surface area contributed by atoms with Gasteiger partial charge < -0.3 is 0 Å². The Labute approximate surface area is 89.3 Å². The lowest BCUT2D eigenvalue weighted by Gasteiger charge is -2.47. The summed E-state index contributed by atoms with van der Waals surface area (Å²) < 4.78 is 0. The summed E-state index contributed by atoms with van der Waals surface area (Å²) in [6.45, 7) is 2.42. The van der Waals surface area contributed by atoms with E-state index < -0.39 is 0 Å². The maximum Gasteiger partial charge on any atom is 0.101 e. The van der Waals surface area contributed by atoms with Gasteiger partial charge in [-0.3, -0.25) is 9.88 Å². The molecule has 15 heavy (non-hydrogen) atoms. The van der Waals surface area contributed by atoms with Crippen molar-refractivity contribution in [3.8, 4) is 6.07 Å². The van der Waals surface area contributed by atoms with Crippen molar-refractivity contribution < 1.29 is 0 Å². The molecule has 2 fully saturated rings.